The van der Waals surface area contributed by atoms with Gasteiger partial charge < -0.3 is 10.0 Å². The third kappa shape index (κ3) is 4.15. The molecule has 1 aliphatic heterocycles. The van der Waals surface area contributed by atoms with Crippen LogP contribution in [-0.2, 0) is 16.9 Å². The Morgan fingerprint density at radius 3 is 2.45 bits per heavy atom. The molecule has 1 atom stereocenters. The van der Waals surface area contributed by atoms with Crippen molar-refractivity contribution in [3.05, 3.63) is 97.4 Å². The molecule has 0 fully saturated rings. The van der Waals surface area contributed by atoms with E-state index >= 15 is 0 Å². The molecule has 0 saturated heterocycles. The molecule has 7 heteroatoms. The molecule has 0 bridgehead atoms. The molecule has 158 valence electrons. The van der Waals surface area contributed by atoms with Gasteiger partial charge in [0.25, 0.3) is 5.91 Å². The Hall–Kier alpha value is -2.18. The second-order valence-electron chi connectivity index (χ2n) is 7.61. The van der Waals surface area contributed by atoms with E-state index in [1.807, 2.05) is 19.1 Å². The predicted molar refractivity (Wildman–Crippen MR) is 126 cm³/mol. The molecule has 0 aromatic heterocycles. The van der Waals surface area contributed by atoms with E-state index in [0.717, 1.165) is 5.56 Å². The quantitative estimate of drug-likeness (QED) is 0.417. The molecule has 3 aromatic carbocycles. The number of amides is 1. The van der Waals surface area contributed by atoms with Crippen molar-refractivity contribution in [1.29, 1.82) is 0 Å². The average molecular weight is 519 g/mol. The van der Waals surface area contributed by atoms with Crippen LogP contribution in [-0.4, -0.2) is 16.8 Å². The molecule has 0 aliphatic carbocycles. The van der Waals surface area contributed by atoms with Crippen molar-refractivity contribution in [2.45, 2.75) is 25.5 Å². The van der Waals surface area contributed by atoms with E-state index in [-0.39, 0.29) is 18.7 Å². The molecule has 1 aliphatic rings. The summed E-state index contributed by atoms with van der Waals surface area (Å²) in [4.78, 5) is 27.8. The molecule has 31 heavy (non-hydrogen) atoms. The van der Waals surface area contributed by atoms with Gasteiger partial charge in [-0.05, 0) is 42.8 Å². The highest BCUT2D eigenvalue weighted by Gasteiger charge is 2.51. The maximum Gasteiger partial charge on any atom is 0.264 e. The fourth-order valence-electron chi connectivity index (χ4n) is 3.74. The van der Waals surface area contributed by atoms with Crippen molar-refractivity contribution in [2.24, 2.45) is 0 Å². The Kier molecular flexibility index (Phi) is 5.97. The highest BCUT2D eigenvalue weighted by Crippen LogP contribution is 2.45. The van der Waals surface area contributed by atoms with Crippen molar-refractivity contribution >= 4 is 56.5 Å². The lowest BCUT2D eigenvalue weighted by molar-refractivity contribution is -0.136. The molecule has 0 spiro atoms. The third-order valence-electron chi connectivity index (χ3n) is 5.43. The SMILES string of the molecule is Cc1ccc(C(=O)C[C@@]2(O)C(=O)N(Cc3ccc(Cl)cc3Cl)c3ccc(Br)cc32)cc1. The highest BCUT2D eigenvalue weighted by atomic mass is 79.9. The lowest BCUT2D eigenvalue weighted by atomic mass is 9.88. The number of hydrogen-bond acceptors (Lipinski definition) is 3. The van der Waals surface area contributed by atoms with Gasteiger partial charge in [0.2, 0.25) is 0 Å². The summed E-state index contributed by atoms with van der Waals surface area (Å²) < 4.78 is 0.701. The van der Waals surface area contributed by atoms with Crippen LogP contribution in [0.3, 0.4) is 0 Å². The van der Waals surface area contributed by atoms with Crippen LogP contribution < -0.4 is 4.90 Å². The number of aliphatic hydroxyl groups is 1. The number of nitrogens with zero attached hydrogens (tertiary/aromatic N) is 1. The van der Waals surface area contributed by atoms with E-state index in [9.17, 15) is 14.7 Å². The molecule has 1 N–H and O–H groups in total. The van der Waals surface area contributed by atoms with Crippen molar-refractivity contribution < 1.29 is 14.7 Å². The summed E-state index contributed by atoms with van der Waals surface area (Å²) in [6, 6.07) is 17.3. The Balaban J connectivity index is 1.71. The number of fused-ring (bicyclic) bond motifs is 1. The summed E-state index contributed by atoms with van der Waals surface area (Å²) in [6.45, 7) is 2.07. The van der Waals surface area contributed by atoms with Crippen LogP contribution in [0.25, 0.3) is 0 Å². The van der Waals surface area contributed by atoms with E-state index in [1.54, 1.807) is 48.5 Å². The number of carbonyl (C=O) groups is 2. The summed E-state index contributed by atoms with van der Waals surface area (Å²) in [6.07, 6.45) is -0.358. The first-order chi connectivity index (χ1) is 14.7. The van der Waals surface area contributed by atoms with Gasteiger partial charge in [0.05, 0.1) is 18.7 Å². The van der Waals surface area contributed by atoms with E-state index < -0.39 is 11.5 Å². The fourth-order valence-corrected chi connectivity index (χ4v) is 4.57. The Morgan fingerprint density at radius 1 is 1.06 bits per heavy atom. The maximum atomic E-state index is 13.4. The largest absolute Gasteiger partial charge is 0.375 e. The summed E-state index contributed by atoms with van der Waals surface area (Å²) >= 11 is 15.7. The summed E-state index contributed by atoms with van der Waals surface area (Å²) in [5.41, 5.74) is 1.10. The highest BCUT2D eigenvalue weighted by molar-refractivity contribution is 9.10. The van der Waals surface area contributed by atoms with Gasteiger partial charge in [-0.15, -0.1) is 0 Å². The van der Waals surface area contributed by atoms with Crippen molar-refractivity contribution in [1.82, 2.24) is 0 Å². The molecule has 3 aromatic rings. The minimum atomic E-state index is -1.97. The van der Waals surface area contributed by atoms with Gasteiger partial charge in [0.15, 0.2) is 11.4 Å². The van der Waals surface area contributed by atoms with Crippen molar-refractivity contribution in [3.8, 4) is 0 Å². The van der Waals surface area contributed by atoms with Gasteiger partial charge in [0.1, 0.15) is 0 Å². The number of benzene rings is 3. The van der Waals surface area contributed by atoms with Crippen LogP contribution in [0.2, 0.25) is 10.0 Å². The Bertz CT molecular complexity index is 1200. The molecule has 1 amide bonds. The van der Waals surface area contributed by atoms with Gasteiger partial charge in [-0.3, -0.25) is 9.59 Å². The molecule has 4 rings (SSSR count). The normalized spacial score (nSPS) is 17.7. The van der Waals surface area contributed by atoms with E-state index in [0.29, 0.717) is 36.9 Å². The Morgan fingerprint density at radius 2 is 1.77 bits per heavy atom. The molecular formula is C24H18BrCl2NO3. The number of Topliss-reactive ketones (excluding diaryl/α,β-unsaturated/α-hetero) is 1. The number of halogens is 3. The van der Waals surface area contributed by atoms with Crippen LogP contribution >= 0.6 is 39.1 Å². The standard InChI is InChI=1S/C24H18BrCl2NO3/c1-14-2-4-15(5-3-14)22(29)12-24(31)19-10-17(25)7-9-21(19)28(23(24)30)13-16-6-8-18(26)11-20(16)27/h2-11,31H,12-13H2,1H3/t24-/m0/s1. The number of ketones is 1. The zero-order chi connectivity index (χ0) is 22.3. The minimum absolute atomic E-state index is 0.143. The summed E-state index contributed by atoms with van der Waals surface area (Å²) in [5, 5.41) is 12.4. The van der Waals surface area contributed by atoms with Gasteiger partial charge in [0, 0.05) is 25.6 Å². The second-order valence-corrected chi connectivity index (χ2v) is 9.37. The van der Waals surface area contributed by atoms with Crippen LogP contribution in [0.1, 0.15) is 33.5 Å². The average Bonchev–Trinajstić information content (AvgIpc) is 2.92. The lowest BCUT2D eigenvalue weighted by Crippen LogP contribution is -2.41. The van der Waals surface area contributed by atoms with Crippen LogP contribution in [0, 0.1) is 6.92 Å². The zero-order valence-corrected chi connectivity index (χ0v) is 19.6. The second kappa shape index (κ2) is 8.40. The lowest BCUT2D eigenvalue weighted by Gasteiger charge is -2.23. The zero-order valence-electron chi connectivity index (χ0n) is 16.5. The first-order valence-electron chi connectivity index (χ1n) is 9.57. The van der Waals surface area contributed by atoms with Gasteiger partial charge >= 0.3 is 0 Å². The smallest absolute Gasteiger partial charge is 0.264 e. The van der Waals surface area contributed by atoms with Crippen LogP contribution in [0.5, 0.6) is 0 Å². The van der Waals surface area contributed by atoms with Crippen molar-refractivity contribution in [2.75, 3.05) is 4.90 Å². The van der Waals surface area contributed by atoms with Crippen molar-refractivity contribution in [3.63, 3.8) is 0 Å². The number of anilines is 1. The van der Waals surface area contributed by atoms with Gasteiger partial charge in [-0.25, -0.2) is 0 Å². The predicted octanol–water partition coefficient (Wildman–Crippen LogP) is 6.07. The maximum absolute atomic E-state index is 13.4. The minimum Gasteiger partial charge on any atom is -0.375 e. The first-order valence-corrected chi connectivity index (χ1v) is 11.1. The van der Waals surface area contributed by atoms with E-state index in [1.165, 1.54) is 4.90 Å². The van der Waals surface area contributed by atoms with E-state index in [4.69, 9.17) is 23.2 Å². The number of hydrogen-bond donors (Lipinski definition) is 1. The number of carbonyl (C=O) groups excluding carboxylic acids is 2. The third-order valence-corrected chi connectivity index (χ3v) is 6.51. The van der Waals surface area contributed by atoms with Gasteiger partial charge in [-0.1, -0.05) is 75.0 Å². The summed E-state index contributed by atoms with van der Waals surface area (Å²) in [5.74, 6) is -0.875. The summed E-state index contributed by atoms with van der Waals surface area (Å²) in [7, 11) is 0. The molecule has 0 saturated carbocycles. The monoisotopic (exact) mass is 517 g/mol. The molecular weight excluding hydrogens is 501 g/mol. The van der Waals surface area contributed by atoms with Gasteiger partial charge in [-0.2, -0.15) is 0 Å². The Labute approximate surface area is 198 Å². The first kappa shape index (κ1) is 22.0. The number of aryl methyl sites for hydroxylation is 1. The molecule has 1 heterocycles. The molecule has 4 nitrogen and oxygen atoms in total. The topological polar surface area (TPSA) is 57.6 Å². The van der Waals surface area contributed by atoms with Crippen LogP contribution in [0.4, 0.5) is 5.69 Å². The fraction of sp³-hybridized carbons (Fsp3) is 0.167. The van der Waals surface area contributed by atoms with E-state index in [2.05, 4.69) is 15.9 Å². The molecule has 0 unspecified atom stereocenters. The van der Waals surface area contributed by atoms with Crippen LogP contribution in [0.15, 0.2) is 65.1 Å². The number of rotatable bonds is 5. The molecule has 0 radical (unpaired) electrons.